The molecule has 0 amide bonds. The first-order valence-corrected chi connectivity index (χ1v) is 11.7. The van der Waals surface area contributed by atoms with E-state index in [0.717, 1.165) is 0 Å². The lowest BCUT2D eigenvalue weighted by atomic mass is 10.9. The van der Waals surface area contributed by atoms with Crippen molar-refractivity contribution in [3.05, 3.63) is 0 Å². The highest BCUT2D eigenvalue weighted by molar-refractivity contribution is 6.87. The lowest BCUT2D eigenvalue weighted by Crippen LogP contribution is -2.57. The highest BCUT2D eigenvalue weighted by Gasteiger charge is 2.52. The molecule has 6 heteroatoms. The Morgan fingerprint density at radius 2 is 0.889 bits per heavy atom. The summed E-state index contributed by atoms with van der Waals surface area (Å²) in [6.45, 7) is 17.1. The Balaban J connectivity index is 5.04. The van der Waals surface area contributed by atoms with E-state index in [-0.39, 0.29) is 5.16 Å². The topological polar surface area (TPSA) is 36.9 Å². The molecule has 0 fully saturated rings. The monoisotopic (exact) mass is 294 g/mol. The summed E-state index contributed by atoms with van der Waals surface area (Å²) in [6, 6.07) is 0. The third kappa shape index (κ3) is 4.75. The molecule has 0 N–H and O–H groups in total. The zero-order valence-electron chi connectivity index (χ0n) is 13.0. The molecule has 0 aliphatic rings. The average molecular weight is 295 g/mol. The van der Waals surface area contributed by atoms with Gasteiger partial charge in [0.25, 0.3) is 0 Å². The number of hydrogen-bond acceptors (Lipinski definition) is 4. The highest BCUT2D eigenvalue weighted by atomic mass is 28.4. The van der Waals surface area contributed by atoms with Crippen molar-refractivity contribution in [2.24, 2.45) is 0 Å². The van der Waals surface area contributed by atoms with Gasteiger partial charge in [-0.2, -0.15) is 0 Å². The maximum Gasteiger partial charge on any atom is 0.339 e. The van der Waals surface area contributed by atoms with Gasteiger partial charge in [-0.15, -0.1) is 0 Å². The molecule has 0 bridgehead atoms. The predicted octanol–water partition coefficient (Wildman–Crippen LogP) is 3.21. The second kappa shape index (κ2) is 8.45. The van der Waals surface area contributed by atoms with Crippen LogP contribution >= 0.6 is 0 Å². The number of rotatable bonds is 10. The average Bonchev–Trinajstić information content (AvgIpc) is 2.29. The minimum absolute atomic E-state index is 0.227. The van der Waals surface area contributed by atoms with Gasteiger partial charge in [-0.1, -0.05) is 6.92 Å². The first-order valence-electron chi connectivity index (χ1n) is 6.95. The molecular weight excluding hydrogens is 264 g/mol. The molecule has 0 aliphatic heterocycles. The van der Waals surface area contributed by atoms with Crippen LogP contribution in [0.3, 0.4) is 0 Å². The third-order valence-corrected chi connectivity index (χ3v) is 13.0. The maximum absolute atomic E-state index is 5.96. The Morgan fingerprint density at radius 1 is 0.667 bits per heavy atom. The van der Waals surface area contributed by atoms with Crippen LogP contribution in [0.15, 0.2) is 0 Å². The summed E-state index contributed by atoms with van der Waals surface area (Å²) in [6.07, 6.45) is 0. The van der Waals surface area contributed by atoms with Crippen molar-refractivity contribution in [2.45, 2.75) is 52.9 Å². The SMILES string of the molecule is CCO[Si](C)(OCC)C(C)[Si](C)(OCC)OCC. The van der Waals surface area contributed by atoms with Gasteiger partial charge in [-0.25, -0.2) is 0 Å². The summed E-state index contributed by atoms with van der Waals surface area (Å²) in [5.74, 6) is 0. The van der Waals surface area contributed by atoms with E-state index in [0.29, 0.717) is 26.4 Å². The first kappa shape index (κ1) is 18.3. The summed E-state index contributed by atoms with van der Waals surface area (Å²) < 4.78 is 23.8. The van der Waals surface area contributed by atoms with Gasteiger partial charge in [0.05, 0.1) is 0 Å². The third-order valence-electron chi connectivity index (χ3n) is 3.30. The van der Waals surface area contributed by atoms with E-state index in [1.54, 1.807) is 0 Å². The van der Waals surface area contributed by atoms with E-state index in [1.807, 2.05) is 27.7 Å². The molecule has 0 saturated carbocycles. The molecule has 0 atom stereocenters. The van der Waals surface area contributed by atoms with Crippen LogP contribution in [-0.2, 0) is 17.7 Å². The van der Waals surface area contributed by atoms with Gasteiger partial charge in [-0.05, 0) is 40.8 Å². The number of hydrogen-bond donors (Lipinski definition) is 0. The van der Waals surface area contributed by atoms with Crippen molar-refractivity contribution < 1.29 is 17.7 Å². The summed E-state index contributed by atoms with van der Waals surface area (Å²) in [5, 5.41) is 0.227. The lowest BCUT2D eigenvalue weighted by Gasteiger charge is -2.40. The highest BCUT2D eigenvalue weighted by Crippen LogP contribution is 2.34. The van der Waals surface area contributed by atoms with Crippen molar-refractivity contribution in [3.63, 3.8) is 0 Å². The van der Waals surface area contributed by atoms with Gasteiger partial charge in [0.15, 0.2) is 0 Å². The van der Waals surface area contributed by atoms with E-state index in [9.17, 15) is 0 Å². The van der Waals surface area contributed by atoms with Gasteiger partial charge in [0.1, 0.15) is 0 Å². The smallest absolute Gasteiger partial charge is 0.339 e. The summed E-state index contributed by atoms with van der Waals surface area (Å²) in [5.41, 5.74) is 0. The van der Waals surface area contributed by atoms with Crippen LogP contribution < -0.4 is 0 Å². The van der Waals surface area contributed by atoms with Crippen LogP contribution in [0.5, 0.6) is 0 Å². The molecule has 0 rings (SSSR count). The van der Waals surface area contributed by atoms with Crippen LogP contribution in [0.2, 0.25) is 18.3 Å². The van der Waals surface area contributed by atoms with Gasteiger partial charge >= 0.3 is 17.1 Å². The maximum atomic E-state index is 5.96. The molecular formula is C12H30O4Si2. The largest absolute Gasteiger partial charge is 0.395 e. The van der Waals surface area contributed by atoms with Gasteiger partial charge in [0, 0.05) is 31.6 Å². The van der Waals surface area contributed by atoms with Crippen LogP contribution in [0, 0.1) is 0 Å². The Labute approximate surface area is 114 Å². The van der Waals surface area contributed by atoms with Crippen LogP contribution in [0.4, 0.5) is 0 Å². The van der Waals surface area contributed by atoms with Gasteiger partial charge < -0.3 is 17.7 Å². The van der Waals surface area contributed by atoms with E-state index < -0.39 is 17.1 Å². The lowest BCUT2D eigenvalue weighted by molar-refractivity contribution is 0.157. The summed E-state index contributed by atoms with van der Waals surface area (Å²) in [4.78, 5) is 0. The zero-order chi connectivity index (χ0) is 14.2. The second-order valence-corrected chi connectivity index (χ2v) is 12.0. The Kier molecular flexibility index (Phi) is 8.57. The fraction of sp³-hybridized carbons (Fsp3) is 1.00. The molecule has 0 radical (unpaired) electrons. The van der Waals surface area contributed by atoms with Crippen molar-refractivity contribution in [1.82, 2.24) is 0 Å². The molecule has 110 valence electrons. The molecule has 0 heterocycles. The normalized spacial score (nSPS) is 13.3. The predicted molar refractivity (Wildman–Crippen MR) is 79.2 cm³/mol. The van der Waals surface area contributed by atoms with Crippen molar-refractivity contribution in [1.29, 1.82) is 0 Å². The van der Waals surface area contributed by atoms with Gasteiger partial charge in [0.2, 0.25) is 0 Å². The molecule has 0 aromatic rings. The molecule has 18 heavy (non-hydrogen) atoms. The molecule has 0 aliphatic carbocycles. The van der Waals surface area contributed by atoms with Crippen molar-refractivity contribution >= 4 is 17.1 Å². The standard InChI is InChI=1S/C12H30O4Si2/c1-8-13-17(6,14-9-2)12(5)18(7,15-10-3)16-11-4/h12H,8-11H2,1-7H3. The molecule has 4 nitrogen and oxygen atoms in total. The van der Waals surface area contributed by atoms with Gasteiger partial charge in [-0.3, -0.25) is 0 Å². The molecule has 0 aromatic heterocycles. The van der Waals surface area contributed by atoms with Crippen molar-refractivity contribution in [2.75, 3.05) is 26.4 Å². The summed E-state index contributed by atoms with van der Waals surface area (Å²) >= 11 is 0. The fourth-order valence-corrected chi connectivity index (χ4v) is 10.5. The minimum atomic E-state index is -2.25. The zero-order valence-corrected chi connectivity index (χ0v) is 15.0. The fourth-order valence-electron chi connectivity index (χ4n) is 2.21. The minimum Gasteiger partial charge on any atom is -0.395 e. The summed E-state index contributed by atoms with van der Waals surface area (Å²) in [7, 11) is -4.50. The van der Waals surface area contributed by atoms with E-state index in [2.05, 4.69) is 20.0 Å². The Bertz CT molecular complexity index is 192. The van der Waals surface area contributed by atoms with Crippen LogP contribution in [-0.4, -0.2) is 43.5 Å². The molecule has 0 unspecified atom stereocenters. The molecule has 0 saturated heterocycles. The molecule has 0 aromatic carbocycles. The second-order valence-electron chi connectivity index (χ2n) is 4.49. The van der Waals surface area contributed by atoms with Crippen LogP contribution in [0.1, 0.15) is 34.6 Å². The van der Waals surface area contributed by atoms with E-state index >= 15 is 0 Å². The quantitative estimate of drug-likeness (QED) is 0.580. The first-order chi connectivity index (χ1) is 8.40. The van der Waals surface area contributed by atoms with E-state index in [1.165, 1.54) is 0 Å². The van der Waals surface area contributed by atoms with E-state index in [4.69, 9.17) is 17.7 Å². The van der Waals surface area contributed by atoms with Crippen LogP contribution in [0.25, 0.3) is 0 Å². The Morgan fingerprint density at radius 3 is 1.06 bits per heavy atom. The Hall–Kier alpha value is 0.274. The molecule has 0 spiro atoms. The van der Waals surface area contributed by atoms with Crippen molar-refractivity contribution in [3.8, 4) is 0 Å².